The summed E-state index contributed by atoms with van der Waals surface area (Å²) < 4.78 is 0. The minimum Gasteiger partial charge on any atom is -0.480 e. The van der Waals surface area contributed by atoms with Crippen molar-refractivity contribution in [1.29, 1.82) is 0 Å². The van der Waals surface area contributed by atoms with Gasteiger partial charge in [0.25, 0.3) is 0 Å². The van der Waals surface area contributed by atoms with Gasteiger partial charge in [-0.2, -0.15) is 0 Å². The van der Waals surface area contributed by atoms with Crippen LogP contribution in [0.5, 0.6) is 0 Å². The van der Waals surface area contributed by atoms with E-state index in [2.05, 4.69) is 5.32 Å². The Morgan fingerprint density at radius 3 is 2.60 bits per heavy atom. The Hall–Kier alpha value is -0.570. The Morgan fingerprint density at radius 2 is 2.30 bits per heavy atom. The van der Waals surface area contributed by atoms with Crippen LogP contribution < -0.4 is 5.32 Å². The van der Waals surface area contributed by atoms with E-state index in [1.807, 2.05) is 0 Å². The molecule has 2 aliphatic rings. The van der Waals surface area contributed by atoms with Crippen LogP contribution in [0, 0.1) is 11.8 Å². The predicted octanol–water partition coefficient (Wildman–Crippen LogP) is 0.0690. The van der Waals surface area contributed by atoms with Crippen LogP contribution in [0.15, 0.2) is 0 Å². The van der Waals surface area contributed by atoms with Gasteiger partial charge in [-0.25, -0.2) is 0 Å². The van der Waals surface area contributed by atoms with E-state index in [0.29, 0.717) is 11.8 Å². The third-order valence-corrected chi connectivity index (χ3v) is 2.77. The summed E-state index contributed by atoms with van der Waals surface area (Å²) in [5.41, 5.74) is 0. The highest BCUT2D eigenvalue weighted by atomic mass is 16.4. The van der Waals surface area contributed by atoms with Crippen molar-refractivity contribution in [3.8, 4) is 0 Å². The maximum Gasteiger partial charge on any atom is 0.320 e. The van der Waals surface area contributed by atoms with Crippen molar-refractivity contribution in [3.05, 3.63) is 0 Å². The Labute approximate surface area is 59.4 Å². The molecule has 2 fully saturated rings. The normalized spacial score (nSPS) is 44.2. The SMILES string of the molecule is O=C(O)[C@@H]1NC[C@H]2CC[C@H]21. The lowest BCUT2D eigenvalue weighted by Gasteiger charge is -2.30. The lowest BCUT2D eigenvalue weighted by Crippen LogP contribution is -2.38. The van der Waals surface area contributed by atoms with Crippen LogP contribution in [0.3, 0.4) is 0 Å². The largest absolute Gasteiger partial charge is 0.480 e. The van der Waals surface area contributed by atoms with Gasteiger partial charge in [0, 0.05) is 0 Å². The molecule has 1 heterocycles. The van der Waals surface area contributed by atoms with Gasteiger partial charge in [0.2, 0.25) is 0 Å². The van der Waals surface area contributed by atoms with Gasteiger partial charge in [0.05, 0.1) is 0 Å². The van der Waals surface area contributed by atoms with Crippen molar-refractivity contribution in [2.45, 2.75) is 18.9 Å². The molecular formula is C7H11NO2. The maximum atomic E-state index is 10.5. The molecule has 2 rings (SSSR count). The molecule has 0 amide bonds. The highest BCUT2D eigenvalue weighted by molar-refractivity contribution is 5.74. The van der Waals surface area contributed by atoms with Gasteiger partial charge in [-0.05, 0) is 31.2 Å². The Balaban J connectivity index is 2.05. The van der Waals surface area contributed by atoms with Crippen molar-refractivity contribution < 1.29 is 9.90 Å². The van der Waals surface area contributed by atoms with Crippen molar-refractivity contribution >= 4 is 5.97 Å². The minimum atomic E-state index is -0.674. The van der Waals surface area contributed by atoms with Crippen molar-refractivity contribution in [3.63, 3.8) is 0 Å². The number of aliphatic carboxylic acids is 1. The van der Waals surface area contributed by atoms with Crippen molar-refractivity contribution in [2.75, 3.05) is 6.54 Å². The molecule has 3 atom stereocenters. The van der Waals surface area contributed by atoms with Gasteiger partial charge in [-0.15, -0.1) is 0 Å². The molecule has 1 aliphatic heterocycles. The molecule has 1 saturated heterocycles. The standard InChI is InChI=1S/C7H11NO2/c9-7(10)6-5-2-1-4(5)3-8-6/h4-6,8H,1-3H2,(H,9,10)/t4-,5-,6-/m1/s1. The van der Waals surface area contributed by atoms with Gasteiger partial charge < -0.3 is 10.4 Å². The molecule has 0 radical (unpaired) electrons. The molecule has 0 aromatic heterocycles. The molecule has 1 saturated carbocycles. The Morgan fingerprint density at radius 1 is 1.50 bits per heavy atom. The van der Waals surface area contributed by atoms with Gasteiger partial charge in [0.15, 0.2) is 0 Å². The first-order chi connectivity index (χ1) is 4.79. The summed E-state index contributed by atoms with van der Waals surface area (Å²) >= 11 is 0. The van der Waals surface area contributed by atoms with Gasteiger partial charge >= 0.3 is 5.97 Å². The molecule has 0 spiro atoms. The first-order valence-electron chi connectivity index (χ1n) is 3.75. The second kappa shape index (κ2) is 1.95. The number of carboxylic acid groups (broad SMARTS) is 1. The van der Waals surface area contributed by atoms with E-state index in [1.54, 1.807) is 0 Å². The van der Waals surface area contributed by atoms with Crippen molar-refractivity contribution in [2.24, 2.45) is 11.8 Å². The molecule has 0 unspecified atom stereocenters. The fraction of sp³-hybridized carbons (Fsp3) is 0.857. The molecule has 0 aromatic rings. The zero-order valence-electron chi connectivity index (χ0n) is 5.71. The predicted molar refractivity (Wildman–Crippen MR) is 35.6 cm³/mol. The van der Waals surface area contributed by atoms with Crippen LogP contribution >= 0.6 is 0 Å². The van der Waals surface area contributed by atoms with Gasteiger partial charge in [0.1, 0.15) is 6.04 Å². The molecule has 0 aromatic carbocycles. The summed E-state index contributed by atoms with van der Waals surface area (Å²) in [6.07, 6.45) is 2.33. The fourth-order valence-electron chi connectivity index (χ4n) is 1.99. The van der Waals surface area contributed by atoms with E-state index in [0.717, 1.165) is 13.0 Å². The molecule has 56 valence electrons. The number of carboxylic acids is 1. The topological polar surface area (TPSA) is 49.3 Å². The monoisotopic (exact) mass is 141 g/mol. The summed E-state index contributed by atoms with van der Waals surface area (Å²) in [5, 5.41) is 11.7. The average Bonchev–Trinajstić information content (AvgIpc) is 2.07. The molecule has 10 heavy (non-hydrogen) atoms. The summed E-state index contributed by atoms with van der Waals surface area (Å²) in [6, 6.07) is -0.237. The second-order valence-corrected chi connectivity index (χ2v) is 3.23. The highest BCUT2D eigenvalue weighted by Crippen LogP contribution is 2.40. The number of carbonyl (C=O) groups is 1. The third-order valence-electron chi connectivity index (χ3n) is 2.77. The van der Waals surface area contributed by atoms with Crippen LogP contribution in [-0.4, -0.2) is 23.7 Å². The third kappa shape index (κ3) is 0.669. The van der Waals surface area contributed by atoms with Crippen molar-refractivity contribution in [1.82, 2.24) is 5.32 Å². The number of nitrogens with one attached hydrogen (secondary N) is 1. The quantitative estimate of drug-likeness (QED) is 0.543. The summed E-state index contributed by atoms with van der Waals surface area (Å²) in [4.78, 5) is 10.5. The average molecular weight is 141 g/mol. The van der Waals surface area contributed by atoms with E-state index in [-0.39, 0.29) is 6.04 Å². The molecule has 1 aliphatic carbocycles. The van der Waals surface area contributed by atoms with Crippen LogP contribution in [0.4, 0.5) is 0 Å². The summed E-state index contributed by atoms with van der Waals surface area (Å²) in [5.74, 6) is 0.436. The van der Waals surface area contributed by atoms with E-state index >= 15 is 0 Å². The van der Waals surface area contributed by atoms with E-state index in [4.69, 9.17) is 5.11 Å². The first-order valence-corrected chi connectivity index (χ1v) is 3.75. The lowest BCUT2D eigenvalue weighted by atomic mass is 9.73. The highest BCUT2D eigenvalue weighted by Gasteiger charge is 2.45. The molecule has 0 bridgehead atoms. The van der Waals surface area contributed by atoms with E-state index in [1.165, 1.54) is 6.42 Å². The van der Waals surface area contributed by atoms with Gasteiger partial charge in [-0.3, -0.25) is 4.79 Å². The number of fused-ring (bicyclic) bond motifs is 1. The maximum absolute atomic E-state index is 10.5. The number of rotatable bonds is 1. The lowest BCUT2D eigenvalue weighted by molar-refractivity contribution is -0.141. The van der Waals surface area contributed by atoms with E-state index in [9.17, 15) is 4.79 Å². The van der Waals surface area contributed by atoms with Gasteiger partial charge in [-0.1, -0.05) is 0 Å². The molecule has 3 nitrogen and oxygen atoms in total. The Bertz CT molecular complexity index is 169. The van der Waals surface area contributed by atoms with Crippen LogP contribution in [-0.2, 0) is 4.79 Å². The van der Waals surface area contributed by atoms with Crippen LogP contribution in [0.2, 0.25) is 0 Å². The molecular weight excluding hydrogens is 130 g/mol. The first kappa shape index (κ1) is 6.16. The van der Waals surface area contributed by atoms with Crippen LogP contribution in [0.1, 0.15) is 12.8 Å². The zero-order valence-corrected chi connectivity index (χ0v) is 5.71. The summed E-state index contributed by atoms with van der Waals surface area (Å²) in [6.45, 7) is 0.918. The second-order valence-electron chi connectivity index (χ2n) is 3.23. The smallest absolute Gasteiger partial charge is 0.320 e. The fourth-order valence-corrected chi connectivity index (χ4v) is 1.99. The summed E-state index contributed by atoms with van der Waals surface area (Å²) in [7, 11) is 0. The van der Waals surface area contributed by atoms with Crippen LogP contribution in [0.25, 0.3) is 0 Å². The molecule has 2 N–H and O–H groups in total. The van der Waals surface area contributed by atoms with E-state index < -0.39 is 5.97 Å². The number of hydrogen-bond donors (Lipinski definition) is 2. The zero-order chi connectivity index (χ0) is 7.14. The minimum absolute atomic E-state index is 0.237. The Kier molecular flexibility index (Phi) is 1.20. The number of hydrogen-bond acceptors (Lipinski definition) is 2. The molecule has 3 heteroatoms.